The van der Waals surface area contributed by atoms with Crippen LogP contribution in [0.25, 0.3) is 0 Å². The minimum atomic E-state index is 0.156. The molecule has 1 saturated heterocycles. The second kappa shape index (κ2) is 5.25. The smallest absolute Gasteiger partial charge is 0.127 e. The van der Waals surface area contributed by atoms with Crippen LogP contribution in [0.5, 0.6) is 5.75 Å². The van der Waals surface area contributed by atoms with Gasteiger partial charge < -0.3 is 10.1 Å². The van der Waals surface area contributed by atoms with Crippen molar-refractivity contribution >= 4 is 15.9 Å². The number of hydrogen-bond acceptors (Lipinski definition) is 3. The van der Waals surface area contributed by atoms with E-state index in [1.165, 1.54) is 11.1 Å². The molecule has 2 aliphatic rings. The molecule has 0 saturated carbocycles. The Balaban J connectivity index is 1.89. The van der Waals surface area contributed by atoms with Gasteiger partial charge in [0, 0.05) is 47.2 Å². The van der Waals surface area contributed by atoms with Gasteiger partial charge in [-0.15, -0.1) is 0 Å². The number of ether oxygens (including phenoxy) is 1. The van der Waals surface area contributed by atoms with Crippen molar-refractivity contribution in [3.63, 3.8) is 0 Å². The second-order valence-corrected chi connectivity index (χ2v) is 8.47. The van der Waals surface area contributed by atoms with Crippen molar-refractivity contribution in [2.45, 2.75) is 51.7 Å². The molecule has 2 aliphatic heterocycles. The zero-order valence-electron chi connectivity index (χ0n) is 13.4. The Labute approximate surface area is 136 Å². The molecule has 0 aromatic heterocycles. The van der Waals surface area contributed by atoms with Crippen molar-refractivity contribution in [2.24, 2.45) is 0 Å². The highest BCUT2D eigenvalue weighted by Crippen LogP contribution is 2.35. The van der Waals surface area contributed by atoms with E-state index in [0.29, 0.717) is 0 Å². The van der Waals surface area contributed by atoms with Crippen molar-refractivity contribution in [1.82, 2.24) is 10.2 Å². The summed E-state index contributed by atoms with van der Waals surface area (Å²) in [5.74, 6) is 1.12. The molecule has 0 aliphatic carbocycles. The van der Waals surface area contributed by atoms with E-state index in [-0.39, 0.29) is 11.1 Å². The molecule has 3 nitrogen and oxygen atoms in total. The van der Waals surface area contributed by atoms with Crippen LogP contribution in [0.15, 0.2) is 16.6 Å². The normalized spacial score (nSPS) is 23.7. The van der Waals surface area contributed by atoms with E-state index in [4.69, 9.17) is 4.74 Å². The summed E-state index contributed by atoms with van der Waals surface area (Å²) in [7, 11) is 0. The van der Waals surface area contributed by atoms with Gasteiger partial charge in [-0.05, 0) is 45.4 Å². The molecule has 1 fully saturated rings. The zero-order valence-corrected chi connectivity index (χ0v) is 15.0. The molecule has 21 heavy (non-hydrogen) atoms. The Morgan fingerprint density at radius 2 is 2.05 bits per heavy atom. The number of hydrogen-bond donors (Lipinski definition) is 1. The maximum atomic E-state index is 5.88. The maximum absolute atomic E-state index is 5.88. The molecular formula is C17H25BrN2O. The summed E-state index contributed by atoms with van der Waals surface area (Å²) >= 11 is 3.65. The topological polar surface area (TPSA) is 24.5 Å². The standard InChI is InChI=1S/C17H25BrN2O/c1-16(2)11-20(17(3,4)10-19-16)9-13-8-14(18)7-12-5-6-21-15(12)13/h7-8,19H,5-6,9-11H2,1-4H3. The number of halogens is 1. The van der Waals surface area contributed by atoms with Crippen molar-refractivity contribution < 1.29 is 4.74 Å². The number of rotatable bonds is 2. The van der Waals surface area contributed by atoms with Gasteiger partial charge in [0.05, 0.1) is 6.61 Å². The molecule has 4 heteroatoms. The van der Waals surface area contributed by atoms with Crippen molar-refractivity contribution in [3.05, 3.63) is 27.7 Å². The summed E-state index contributed by atoms with van der Waals surface area (Å²) in [6.07, 6.45) is 1.03. The molecule has 3 rings (SSSR count). The lowest BCUT2D eigenvalue weighted by Crippen LogP contribution is -2.65. The Morgan fingerprint density at radius 3 is 2.81 bits per heavy atom. The van der Waals surface area contributed by atoms with Crippen LogP contribution in [0.4, 0.5) is 0 Å². The van der Waals surface area contributed by atoms with Gasteiger partial charge in [-0.2, -0.15) is 0 Å². The SMILES string of the molecule is CC1(C)CN(Cc2cc(Br)cc3c2OCC3)C(C)(C)CN1. The maximum Gasteiger partial charge on any atom is 0.127 e. The number of piperazine rings is 1. The Hall–Kier alpha value is -0.580. The fraction of sp³-hybridized carbons (Fsp3) is 0.647. The monoisotopic (exact) mass is 352 g/mol. The first-order chi connectivity index (χ1) is 9.77. The first-order valence-corrected chi connectivity index (χ1v) is 8.50. The first kappa shape index (κ1) is 15.3. The third kappa shape index (κ3) is 3.13. The van der Waals surface area contributed by atoms with Gasteiger partial charge in [-0.1, -0.05) is 15.9 Å². The molecule has 2 heterocycles. The van der Waals surface area contributed by atoms with Crippen LogP contribution < -0.4 is 10.1 Å². The minimum absolute atomic E-state index is 0.156. The molecule has 1 aromatic rings. The Kier molecular flexibility index (Phi) is 3.83. The summed E-state index contributed by atoms with van der Waals surface area (Å²) < 4.78 is 7.04. The van der Waals surface area contributed by atoms with Crippen LogP contribution in [-0.4, -0.2) is 35.7 Å². The van der Waals surface area contributed by atoms with Gasteiger partial charge in [0.15, 0.2) is 0 Å². The molecule has 116 valence electrons. The Morgan fingerprint density at radius 1 is 1.29 bits per heavy atom. The molecule has 1 N–H and O–H groups in total. The zero-order chi connectivity index (χ0) is 15.3. The molecule has 0 radical (unpaired) electrons. The van der Waals surface area contributed by atoms with Gasteiger partial charge in [-0.3, -0.25) is 4.90 Å². The van der Waals surface area contributed by atoms with Crippen molar-refractivity contribution in [1.29, 1.82) is 0 Å². The van der Waals surface area contributed by atoms with Gasteiger partial charge in [0.25, 0.3) is 0 Å². The average Bonchev–Trinajstić information content (AvgIpc) is 2.82. The summed E-state index contributed by atoms with van der Waals surface area (Å²) in [5, 5.41) is 3.65. The second-order valence-electron chi connectivity index (χ2n) is 7.56. The van der Waals surface area contributed by atoms with E-state index in [2.05, 4.69) is 66.0 Å². The van der Waals surface area contributed by atoms with E-state index < -0.39 is 0 Å². The van der Waals surface area contributed by atoms with Crippen LogP contribution in [0.1, 0.15) is 38.8 Å². The molecule has 0 amide bonds. The lowest BCUT2D eigenvalue weighted by Gasteiger charge is -2.49. The van der Waals surface area contributed by atoms with Gasteiger partial charge in [0.1, 0.15) is 5.75 Å². The van der Waals surface area contributed by atoms with Crippen LogP contribution >= 0.6 is 15.9 Å². The van der Waals surface area contributed by atoms with Crippen LogP contribution in [0.3, 0.4) is 0 Å². The third-order valence-corrected chi connectivity index (χ3v) is 5.09. The van der Waals surface area contributed by atoms with E-state index >= 15 is 0 Å². The van der Waals surface area contributed by atoms with E-state index in [1.54, 1.807) is 0 Å². The molecular weight excluding hydrogens is 328 g/mol. The molecule has 0 atom stereocenters. The first-order valence-electron chi connectivity index (χ1n) is 7.71. The number of fused-ring (bicyclic) bond motifs is 1. The summed E-state index contributed by atoms with van der Waals surface area (Å²) in [6, 6.07) is 4.41. The van der Waals surface area contributed by atoms with Crippen LogP contribution in [0, 0.1) is 0 Å². The Bertz CT molecular complexity index is 554. The number of nitrogens with one attached hydrogen (secondary N) is 1. The fourth-order valence-corrected chi connectivity index (χ4v) is 3.81. The molecule has 0 bridgehead atoms. The molecule has 0 spiro atoms. The molecule has 1 aromatic carbocycles. The van der Waals surface area contributed by atoms with Crippen molar-refractivity contribution in [2.75, 3.05) is 19.7 Å². The fourth-order valence-electron chi connectivity index (χ4n) is 3.25. The van der Waals surface area contributed by atoms with Crippen molar-refractivity contribution in [3.8, 4) is 5.75 Å². The minimum Gasteiger partial charge on any atom is -0.493 e. The van der Waals surface area contributed by atoms with Crippen LogP contribution in [-0.2, 0) is 13.0 Å². The van der Waals surface area contributed by atoms with E-state index in [1.807, 2.05) is 0 Å². The van der Waals surface area contributed by atoms with Gasteiger partial charge in [-0.25, -0.2) is 0 Å². The van der Waals surface area contributed by atoms with Gasteiger partial charge in [0.2, 0.25) is 0 Å². The van der Waals surface area contributed by atoms with E-state index in [0.717, 1.165) is 42.9 Å². The summed E-state index contributed by atoms with van der Waals surface area (Å²) in [5.41, 5.74) is 2.96. The van der Waals surface area contributed by atoms with Gasteiger partial charge >= 0.3 is 0 Å². The number of benzene rings is 1. The quantitative estimate of drug-likeness (QED) is 0.883. The largest absolute Gasteiger partial charge is 0.493 e. The highest BCUT2D eigenvalue weighted by Gasteiger charge is 2.38. The number of nitrogens with zero attached hydrogens (tertiary/aromatic N) is 1. The summed E-state index contributed by atoms with van der Waals surface area (Å²) in [4.78, 5) is 2.58. The van der Waals surface area contributed by atoms with Crippen LogP contribution in [0.2, 0.25) is 0 Å². The highest BCUT2D eigenvalue weighted by atomic mass is 79.9. The lowest BCUT2D eigenvalue weighted by atomic mass is 9.90. The lowest BCUT2D eigenvalue weighted by molar-refractivity contribution is 0.0318. The summed E-state index contributed by atoms with van der Waals surface area (Å²) in [6.45, 7) is 13.0. The predicted molar refractivity (Wildman–Crippen MR) is 89.9 cm³/mol. The molecule has 0 unspecified atom stereocenters. The average molecular weight is 353 g/mol. The highest BCUT2D eigenvalue weighted by molar-refractivity contribution is 9.10. The third-order valence-electron chi connectivity index (χ3n) is 4.63. The predicted octanol–water partition coefficient (Wildman–Crippen LogP) is 3.35. The van der Waals surface area contributed by atoms with E-state index in [9.17, 15) is 0 Å².